The van der Waals surface area contributed by atoms with Gasteiger partial charge in [0.05, 0.1) is 31.9 Å². The number of carbonyl (C=O) groups excluding carboxylic acids is 2. The molecule has 4 rings (SSSR count). The van der Waals surface area contributed by atoms with Gasteiger partial charge >= 0.3 is 0 Å². The zero-order chi connectivity index (χ0) is 19.7. The van der Waals surface area contributed by atoms with E-state index in [1.165, 1.54) is 12.0 Å². The van der Waals surface area contributed by atoms with E-state index >= 15 is 0 Å². The maximum atomic E-state index is 13.2. The molecule has 2 aliphatic rings. The van der Waals surface area contributed by atoms with Crippen molar-refractivity contribution in [1.29, 1.82) is 0 Å². The lowest BCUT2D eigenvalue weighted by Gasteiger charge is -2.30. The second-order valence-corrected chi connectivity index (χ2v) is 6.39. The van der Waals surface area contributed by atoms with Gasteiger partial charge in [-0.1, -0.05) is 30.3 Å². The molecule has 1 atom stereocenters. The van der Waals surface area contributed by atoms with E-state index in [-0.39, 0.29) is 5.57 Å². The van der Waals surface area contributed by atoms with Gasteiger partial charge in [-0.2, -0.15) is 0 Å². The summed E-state index contributed by atoms with van der Waals surface area (Å²) < 4.78 is 16.1. The fourth-order valence-electron chi connectivity index (χ4n) is 3.44. The average Bonchev–Trinajstić information content (AvgIpc) is 3.35. The van der Waals surface area contributed by atoms with Gasteiger partial charge in [-0.3, -0.25) is 14.5 Å². The zero-order valence-electron chi connectivity index (χ0n) is 15.2. The van der Waals surface area contributed by atoms with Crippen LogP contribution >= 0.6 is 0 Å². The average molecular weight is 381 g/mol. The highest BCUT2D eigenvalue weighted by Gasteiger charge is 2.48. The van der Waals surface area contributed by atoms with Gasteiger partial charge < -0.3 is 19.3 Å². The van der Waals surface area contributed by atoms with Gasteiger partial charge in [-0.05, 0) is 29.8 Å². The molecule has 0 saturated carbocycles. The highest BCUT2D eigenvalue weighted by molar-refractivity contribution is 6.16. The maximum absolute atomic E-state index is 13.2. The Bertz CT molecular complexity index is 916. The first-order valence-electron chi connectivity index (χ1n) is 8.84. The predicted octanol–water partition coefficient (Wildman–Crippen LogP) is 2.60. The van der Waals surface area contributed by atoms with Crippen molar-refractivity contribution in [2.24, 2.45) is 0 Å². The molecular weight excluding hydrogens is 362 g/mol. The molecule has 2 aliphatic heterocycles. The first-order valence-corrected chi connectivity index (χ1v) is 8.84. The van der Waals surface area contributed by atoms with Crippen molar-refractivity contribution in [3.8, 4) is 5.75 Å². The number of rotatable bonds is 5. The number of aliphatic hydroxyl groups is 1. The van der Waals surface area contributed by atoms with E-state index in [2.05, 4.69) is 0 Å². The number of ketones is 1. The van der Waals surface area contributed by atoms with Crippen molar-refractivity contribution >= 4 is 11.7 Å². The van der Waals surface area contributed by atoms with E-state index in [1.54, 1.807) is 48.5 Å². The Labute approximate surface area is 161 Å². The molecule has 0 radical (unpaired) electrons. The largest absolute Gasteiger partial charge is 0.503 e. The number of nitrogens with zero attached hydrogens (tertiary/aromatic N) is 1. The van der Waals surface area contributed by atoms with Crippen LogP contribution in [0.3, 0.4) is 0 Å². The number of amides is 1. The normalized spacial score (nSPS) is 20.1. The van der Waals surface area contributed by atoms with Crippen LogP contribution < -0.4 is 4.74 Å². The molecule has 7 nitrogen and oxygen atoms in total. The van der Waals surface area contributed by atoms with Crippen LogP contribution in [0.1, 0.15) is 22.0 Å². The molecule has 0 aromatic heterocycles. The fraction of sp³-hybridized carbons (Fsp3) is 0.238. The lowest BCUT2D eigenvalue weighted by Crippen LogP contribution is -2.40. The van der Waals surface area contributed by atoms with Gasteiger partial charge in [0, 0.05) is 5.56 Å². The van der Waals surface area contributed by atoms with E-state index in [0.717, 1.165) is 0 Å². The summed E-state index contributed by atoms with van der Waals surface area (Å²) in [6, 6.07) is 14.7. The number of hydrogen-bond donors (Lipinski definition) is 1. The third-order valence-electron chi connectivity index (χ3n) is 4.79. The Hall–Kier alpha value is -3.16. The van der Waals surface area contributed by atoms with Crippen molar-refractivity contribution in [3.63, 3.8) is 0 Å². The van der Waals surface area contributed by atoms with Crippen LogP contribution in [0.5, 0.6) is 5.75 Å². The molecule has 144 valence electrons. The van der Waals surface area contributed by atoms with Crippen molar-refractivity contribution in [1.82, 2.24) is 4.90 Å². The highest BCUT2D eigenvalue weighted by Crippen LogP contribution is 2.41. The fourth-order valence-corrected chi connectivity index (χ4v) is 3.44. The monoisotopic (exact) mass is 381 g/mol. The Morgan fingerprint density at radius 2 is 1.71 bits per heavy atom. The van der Waals surface area contributed by atoms with E-state index < -0.39 is 29.9 Å². The summed E-state index contributed by atoms with van der Waals surface area (Å²) in [5, 5.41) is 10.6. The van der Waals surface area contributed by atoms with Crippen LogP contribution in [0.15, 0.2) is 65.9 Å². The first kappa shape index (κ1) is 18.2. The van der Waals surface area contributed by atoms with Gasteiger partial charge in [0.15, 0.2) is 11.5 Å². The molecular formula is C21H19NO6. The zero-order valence-corrected chi connectivity index (χ0v) is 15.2. The number of Topliss-reactive ketones (excluding diaryl/α,β-unsaturated/α-hetero) is 1. The summed E-state index contributed by atoms with van der Waals surface area (Å²) in [5.74, 6) is -1.12. The topological polar surface area (TPSA) is 85.3 Å². The van der Waals surface area contributed by atoms with Crippen LogP contribution in [0.2, 0.25) is 0 Å². The molecule has 0 aliphatic carbocycles. The molecule has 2 aromatic rings. The minimum Gasteiger partial charge on any atom is -0.503 e. The minimum atomic E-state index is -0.957. The number of ether oxygens (including phenoxy) is 3. The summed E-state index contributed by atoms with van der Waals surface area (Å²) in [7, 11) is 1.53. The molecule has 0 bridgehead atoms. The van der Waals surface area contributed by atoms with Crippen LogP contribution in [-0.2, 0) is 14.3 Å². The molecule has 28 heavy (non-hydrogen) atoms. The summed E-state index contributed by atoms with van der Waals surface area (Å²) in [4.78, 5) is 27.3. The standard InChI is InChI=1S/C21H19NO6/c1-26-15-9-7-14(8-10-15)18(23)16-17(13-5-3-2-4-6-13)22(20(25)19(16)24)21-27-11-12-28-21/h2-10,17,21,24H,11-12H2,1H3. The predicted molar refractivity (Wildman–Crippen MR) is 98.7 cm³/mol. The molecule has 1 saturated heterocycles. The molecule has 0 spiro atoms. The van der Waals surface area contributed by atoms with Crippen molar-refractivity contribution in [2.75, 3.05) is 20.3 Å². The molecule has 1 amide bonds. The van der Waals surface area contributed by atoms with E-state index in [9.17, 15) is 14.7 Å². The second-order valence-electron chi connectivity index (χ2n) is 6.39. The van der Waals surface area contributed by atoms with Gasteiger partial charge in [0.2, 0.25) is 6.41 Å². The van der Waals surface area contributed by atoms with Crippen molar-refractivity contribution in [2.45, 2.75) is 12.5 Å². The molecule has 7 heteroatoms. The lowest BCUT2D eigenvalue weighted by atomic mass is 9.93. The SMILES string of the molecule is COc1ccc(C(=O)C2=C(O)C(=O)N(C3OCCO3)C2c2ccccc2)cc1. The van der Waals surface area contributed by atoms with E-state index in [1.807, 2.05) is 6.07 Å². The smallest absolute Gasteiger partial charge is 0.293 e. The number of benzene rings is 2. The number of methoxy groups -OCH3 is 1. The molecule has 2 aromatic carbocycles. The second kappa shape index (κ2) is 7.46. The summed E-state index contributed by atoms with van der Waals surface area (Å²) in [6.07, 6.45) is -0.957. The number of carbonyl (C=O) groups is 2. The minimum absolute atomic E-state index is 0.000432. The Kier molecular flexibility index (Phi) is 4.85. The Morgan fingerprint density at radius 1 is 1.07 bits per heavy atom. The van der Waals surface area contributed by atoms with Gasteiger partial charge in [-0.25, -0.2) is 0 Å². The summed E-state index contributed by atoms with van der Waals surface area (Å²) in [6.45, 7) is 0.664. The molecule has 1 N–H and O–H groups in total. The lowest BCUT2D eigenvalue weighted by molar-refractivity contribution is -0.176. The van der Waals surface area contributed by atoms with Crippen LogP contribution in [-0.4, -0.2) is 48.4 Å². The van der Waals surface area contributed by atoms with Crippen molar-refractivity contribution < 1.29 is 28.9 Å². The third-order valence-corrected chi connectivity index (χ3v) is 4.79. The molecule has 1 fully saturated rings. The number of aliphatic hydroxyl groups excluding tert-OH is 1. The Balaban J connectivity index is 1.78. The van der Waals surface area contributed by atoms with Crippen molar-refractivity contribution in [3.05, 3.63) is 77.1 Å². The summed E-state index contributed by atoms with van der Waals surface area (Å²) >= 11 is 0. The van der Waals surface area contributed by atoms with Gasteiger partial charge in [0.25, 0.3) is 5.91 Å². The van der Waals surface area contributed by atoms with Crippen LogP contribution in [0.25, 0.3) is 0 Å². The van der Waals surface area contributed by atoms with E-state index in [4.69, 9.17) is 14.2 Å². The summed E-state index contributed by atoms with van der Waals surface area (Å²) in [5.41, 5.74) is 1.02. The number of hydrogen-bond acceptors (Lipinski definition) is 6. The maximum Gasteiger partial charge on any atom is 0.293 e. The first-order chi connectivity index (χ1) is 13.6. The van der Waals surface area contributed by atoms with E-state index in [0.29, 0.717) is 30.1 Å². The quantitative estimate of drug-likeness (QED) is 0.802. The Morgan fingerprint density at radius 3 is 2.32 bits per heavy atom. The molecule has 1 unspecified atom stereocenters. The van der Waals surface area contributed by atoms with Crippen LogP contribution in [0.4, 0.5) is 0 Å². The van der Waals surface area contributed by atoms with Gasteiger partial charge in [-0.15, -0.1) is 0 Å². The van der Waals surface area contributed by atoms with Crippen LogP contribution in [0, 0.1) is 0 Å². The van der Waals surface area contributed by atoms with Gasteiger partial charge in [0.1, 0.15) is 5.75 Å². The molecule has 2 heterocycles. The highest BCUT2D eigenvalue weighted by atomic mass is 16.7. The third kappa shape index (κ3) is 3.04.